The van der Waals surface area contributed by atoms with Gasteiger partial charge in [0, 0.05) is 12.5 Å². The summed E-state index contributed by atoms with van der Waals surface area (Å²) in [6.07, 6.45) is 7.24. The maximum atomic E-state index is 12.8. The molecule has 29 heavy (non-hydrogen) atoms. The zero-order chi connectivity index (χ0) is 21.6. The first kappa shape index (κ1) is 23.7. The molecule has 2 fully saturated rings. The molecule has 1 saturated heterocycles. The topological polar surface area (TPSA) is 119 Å². The number of hydrogen-bond acceptors (Lipinski definition) is 5. The van der Waals surface area contributed by atoms with E-state index >= 15 is 0 Å². The lowest BCUT2D eigenvalue weighted by atomic mass is 9.77. The molecule has 2 aliphatic rings. The molecular formula is C20H36BN3O5. The summed E-state index contributed by atoms with van der Waals surface area (Å²) in [6, 6.07) is -1.50. The minimum absolute atomic E-state index is 0.123. The Labute approximate surface area is 173 Å². The molecule has 3 amide bonds. The van der Waals surface area contributed by atoms with Crippen LogP contribution >= 0.6 is 0 Å². The van der Waals surface area contributed by atoms with Crippen LogP contribution in [0.2, 0.25) is 0 Å². The van der Waals surface area contributed by atoms with Crippen molar-refractivity contribution in [1.82, 2.24) is 15.5 Å². The number of nitrogens with zero attached hydrogens (tertiary/aromatic N) is 1. The summed E-state index contributed by atoms with van der Waals surface area (Å²) in [7, 11) is -1.59. The van der Waals surface area contributed by atoms with Crippen molar-refractivity contribution in [2.24, 2.45) is 11.8 Å². The molecule has 0 bridgehead atoms. The predicted molar refractivity (Wildman–Crippen MR) is 110 cm³/mol. The summed E-state index contributed by atoms with van der Waals surface area (Å²) in [5.74, 6) is -1.25. The zero-order valence-corrected chi connectivity index (χ0v) is 17.9. The quantitative estimate of drug-likeness (QED) is 0.438. The van der Waals surface area contributed by atoms with Crippen molar-refractivity contribution in [3.63, 3.8) is 0 Å². The van der Waals surface area contributed by atoms with Gasteiger partial charge in [0.05, 0.1) is 5.94 Å². The van der Waals surface area contributed by atoms with Crippen molar-refractivity contribution >= 4 is 24.8 Å². The van der Waals surface area contributed by atoms with Crippen molar-refractivity contribution < 1.29 is 24.4 Å². The molecule has 2 rings (SSSR count). The Hall–Kier alpha value is -1.61. The fraction of sp³-hybridized carbons (Fsp3) is 0.850. The second kappa shape index (κ2) is 11.0. The second-order valence-corrected chi connectivity index (χ2v) is 8.54. The number of rotatable bonds is 8. The standard InChI is InChI=1S/C20H36BN3O5/c1-4-16(20(27)24-12-8-11-17(24)21(28)29)23-19(26)14(3)22-18(25)13(2)15-9-6-5-7-10-15/h13-17,28-29H,4-12H2,1-3H3,(H,22,25)(H,23,26). The number of hydrogen-bond donors (Lipinski definition) is 4. The summed E-state index contributed by atoms with van der Waals surface area (Å²) in [6.45, 7) is 5.77. The van der Waals surface area contributed by atoms with Crippen LogP contribution in [0.25, 0.3) is 0 Å². The van der Waals surface area contributed by atoms with Gasteiger partial charge in [-0.2, -0.15) is 0 Å². The molecule has 0 radical (unpaired) electrons. The number of carbonyl (C=O) groups excluding carboxylic acids is 3. The van der Waals surface area contributed by atoms with Gasteiger partial charge in [-0.15, -0.1) is 0 Å². The van der Waals surface area contributed by atoms with E-state index in [9.17, 15) is 24.4 Å². The van der Waals surface area contributed by atoms with Gasteiger partial charge in [0.1, 0.15) is 12.1 Å². The first-order chi connectivity index (χ1) is 13.8. The van der Waals surface area contributed by atoms with E-state index in [1.807, 2.05) is 6.92 Å². The summed E-state index contributed by atoms with van der Waals surface area (Å²) in [5.41, 5.74) is 0. The zero-order valence-electron chi connectivity index (χ0n) is 17.9. The largest absolute Gasteiger partial charge is 0.475 e. The highest BCUT2D eigenvalue weighted by Crippen LogP contribution is 2.30. The molecule has 0 aromatic carbocycles. The number of nitrogens with one attached hydrogen (secondary N) is 2. The Kier molecular flexibility index (Phi) is 8.95. The highest BCUT2D eigenvalue weighted by Gasteiger charge is 2.39. The Bertz CT molecular complexity index is 582. The van der Waals surface area contributed by atoms with E-state index in [1.54, 1.807) is 13.8 Å². The SMILES string of the molecule is CCC(NC(=O)C(C)NC(=O)C(C)C1CCCCC1)C(=O)N1CCCC1B(O)O. The molecule has 164 valence electrons. The molecule has 1 heterocycles. The summed E-state index contributed by atoms with van der Waals surface area (Å²) in [4.78, 5) is 39.4. The second-order valence-electron chi connectivity index (χ2n) is 8.54. The van der Waals surface area contributed by atoms with Gasteiger partial charge in [-0.1, -0.05) is 33.1 Å². The monoisotopic (exact) mass is 409 g/mol. The smallest absolute Gasteiger partial charge is 0.426 e. The van der Waals surface area contributed by atoms with E-state index in [1.165, 1.54) is 11.3 Å². The molecule has 1 aliphatic carbocycles. The van der Waals surface area contributed by atoms with E-state index in [0.717, 1.165) is 25.7 Å². The van der Waals surface area contributed by atoms with Crippen LogP contribution in [0, 0.1) is 11.8 Å². The lowest BCUT2D eigenvalue weighted by Crippen LogP contribution is -2.56. The lowest BCUT2D eigenvalue weighted by Gasteiger charge is -2.30. The highest BCUT2D eigenvalue weighted by molar-refractivity contribution is 6.43. The van der Waals surface area contributed by atoms with Crippen LogP contribution in [0.15, 0.2) is 0 Å². The van der Waals surface area contributed by atoms with Crippen molar-refractivity contribution in [3.05, 3.63) is 0 Å². The Morgan fingerprint density at radius 2 is 1.66 bits per heavy atom. The van der Waals surface area contributed by atoms with Crippen LogP contribution in [-0.2, 0) is 14.4 Å². The maximum absolute atomic E-state index is 12.8. The van der Waals surface area contributed by atoms with E-state index in [2.05, 4.69) is 10.6 Å². The number of amides is 3. The minimum Gasteiger partial charge on any atom is -0.426 e. The fourth-order valence-corrected chi connectivity index (χ4v) is 4.47. The van der Waals surface area contributed by atoms with Crippen molar-refractivity contribution in [1.29, 1.82) is 0 Å². The van der Waals surface area contributed by atoms with Crippen LogP contribution in [0.4, 0.5) is 0 Å². The number of carbonyl (C=O) groups is 3. The third kappa shape index (κ3) is 6.19. The van der Waals surface area contributed by atoms with Gasteiger partial charge in [0.15, 0.2) is 0 Å². The van der Waals surface area contributed by atoms with Crippen LogP contribution in [0.1, 0.15) is 72.1 Å². The molecule has 1 aliphatic heterocycles. The van der Waals surface area contributed by atoms with Crippen molar-refractivity contribution in [2.75, 3.05) is 6.54 Å². The van der Waals surface area contributed by atoms with E-state index in [0.29, 0.717) is 31.7 Å². The van der Waals surface area contributed by atoms with Gasteiger partial charge < -0.3 is 25.6 Å². The molecule has 0 spiro atoms. The van der Waals surface area contributed by atoms with Gasteiger partial charge in [-0.05, 0) is 44.9 Å². The molecule has 0 aromatic rings. The first-order valence-electron chi connectivity index (χ1n) is 11.0. The molecule has 4 N–H and O–H groups in total. The number of likely N-dealkylation sites (tertiary alicyclic amines) is 1. The van der Waals surface area contributed by atoms with Crippen molar-refractivity contribution in [3.8, 4) is 0 Å². The molecule has 1 saturated carbocycles. The van der Waals surface area contributed by atoms with Gasteiger partial charge in [0.25, 0.3) is 0 Å². The molecule has 9 heteroatoms. The minimum atomic E-state index is -1.59. The van der Waals surface area contributed by atoms with Gasteiger partial charge in [0.2, 0.25) is 17.7 Å². The molecule has 4 unspecified atom stereocenters. The van der Waals surface area contributed by atoms with Crippen LogP contribution in [0.3, 0.4) is 0 Å². The average molecular weight is 409 g/mol. The average Bonchev–Trinajstić information content (AvgIpc) is 3.21. The third-order valence-corrected chi connectivity index (χ3v) is 6.47. The first-order valence-corrected chi connectivity index (χ1v) is 11.0. The molecule has 4 atom stereocenters. The Morgan fingerprint density at radius 3 is 2.24 bits per heavy atom. The third-order valence-electron chi connectivity index (χ3n) is 6.47. The summed E-state index contributed by atoms with van der Waals surface area (Å²) < 4.78 is 0. The summed E-state index contributed by atoms with van der Waals surface area (Å²) >= 11 is 0. The van der Waals surface area contributed by atoms with Gasteiger partial charge >= 0.3 is 7.12 Å². The fourth-order valence-electron chi connectivity index (χ4n) is 4.47. The molecule has 8 nitrogen and oxygen atoms in total. The van der Waals surface area contributed by atoms with E-state index < -0.39 is 31.1 Å². The molecule has 0 aromatic heterocycles. The summed E-state index contributed by atoms with van der Waals surface area (Å²) in [5, 5.41) is 24.5. The van der Waals surface area contributed by atoms with Crippen LogP contribution in [0.5, 0.6) is 0 Å². The van der Waals surface area contributed by atoms with Crippen LogP contribution in [-0.4, -0.2) is 64.4 Å². The van der Waals surface area contributed by atoms with Crippen LogP contribution < -0.4 is 10.6 Å². The van der Waals surface area contributed by atoms with Gasteiger partial charge in [-0.3, -0.25) is 14.4 Å². The van der Waals surface area contributed by atoms with Gasteiger partial charge in [-0.25, -0.2) is 0 Å². The maximum Gasteiger partial charge on any atom is 0.475 e. The van der Waals surface area contributed by atoms with E-state index in [-0.39, 0.29) is 17.7 Å². The Balaban J connectivity index is 1.89. The Morgan fingerprint density at radius 1 is 1.00 bits per heavy atom. The highest BCUT2D eigenvalue weighted by atomic mass is 16.4. The van der Waals surface area contributed by atoms with Crippen molar-refractivity contribution in [2.45, 2.75) is 90.2 Å². The normalized spacial score (nSPS) is 23.2. The lowest BCUT2D eigenvalue weighted by molar-refractivity contribution is -0.137. The molecular weight excluding hydrogens is 373 g/mol. The predicted octanol–water partition coefficient (Wildman–Crippen LogP) is 0.605. The van der Waals surface area contributed by atoms with E-state index in [4.69, 9.17) is 0 Å².